The molecular formula is C26H28F6O. The van der Waals surface area contributed by atoms with E-state index in [0.29, 0.717) is 17.0 Å². The van der Waals surface area contributed by atoms with E-state index in [1.165, 1.54) is 24.6 Å². The number of halogens is 6. The number of fused-ring (bicyclic) bond motifs is 1. The second-order valence-corrected chi connectivity index (χ2v) is 9.41. The Kier molecular flexibility index (Phi) is 6.96. The lowest BCUT2D eigenvalue weighted by Gasteiger charge is -2.30. The SMILES string of the molecule is CCCC1CCC(c2cc(F)c(C3CCc4c(ccc(OC(F)(F)F)c4F)C3)c(F)c2)CC1. The predicted molar refractivity (Wildman–Crippen MR) is 114 cm³/mol. The van der Waals surface area contributed by atoms with Crippen molar-refractivity contribution in [3.05, 3.63) is 64.0 Å². The highest BCUT2D eigenvalue weighted by molar-refractivity contribution is 5.42. The highest BCUT2D eigenvalue weighted by Crippen LogP contribution is 2.42. The summed E-state index contributed by atoms with van der Waals surface area (Å²) in [7, 11) is 0. The zero-order valence-corrected chi connectivity index (χ0v) is 18.6. The van der Waals surface area contributed by atoms with Crippen LogP contribution in [0.1, 0.15) is 86.0 Å². The monoisotopic (exact) mass is 470 g/mol. The molecule has 7 heteroatoms. The van der Waals surface area contributed by atoms with Gasteiger partial charge in [-0.3, -0.25) is 0 Å². The molecule has 0 radical (unpaired) electrons. The molecule has 0 heterocycles. The van der Waals surface area contributed by atoms with Crippen molar-refractivity contribution in [1.82, 2.24) is 0 Å². The van der Waals surface area contributed by atoms with Crippen LogP contribution in [0.2, 0.25) is 0 Å². The van der Waals surface area contributed by atoms with Crippen LogP contribution in [-0.4, -0.2) is 6.36 Å². The second-order valence-electron chi connectivity index (χ2n) is 9.41. The lowest BCUT2D eigenvalue weighted by molar-refractivity contribution is -0.275. The maximum Gasteiger partial charge on any atom is 0.573 e. The molecule has 2 aliphatic carbocycles. The molecule has 180 valence electrons. The molecule has 0 amide bonds. The summed E-state index contributed by atoms with van der Waals surface area (Å²) in [5.41, 5.74) is 1.25. The third kappa shape index (κ3) is 5.33. The molecule has 2 aromatic carbocycles. The zero-order valence-electron chi connectivity index (χ0n) is 18.6. The summed E-state index contributed by atoms with van der Waals surface area (Å²) in [5.74, 6) is -2.76. The lowest BCUT2D eigenvalue weighted by atomic mass is 9.76. The van der Waals surface area contributed by atoms with Gasteiger partial charge in [-0.2, -0.15) is 0 Å². The fourth-order valence-corrected chi connectivity index (χ4v) is 5.66. The number of alkyl halides is 3. The van der Waals surface area contributed by atoms with Crippen LogP contribution >= 0.6 is 0 Å². The Hall–Kier alpha value is -2.18. The molecule has 0 aliphatic heterocycles. The van der Waals surface area contributed by atoms with Crippen LogP contribution in [0.15, 0.2) is 24.3 Å². The van der Waals surface area contributed by atoms with Gasteiger partial charge in [0.15, 0.2) is 11.6 Å². The molecule has 0 spiro atoms. The van der Waals surface area contributed by atoms with Gasteiger partial charge < -0.3 is 4.74 Å². The van der Waals surface area contributed by atoms with Crippen molar-refractivity contribution in [3.8, 4) is 5.75 Å². The quantitative estimate of drug-likeness (QED) is 0.399. The fraction of sp³-hybridized carbons (Fsp3) is 0.538. The predicted octanol–water partition coefficient (Wildman–Crippen LogP) is 8.35. The fourth-order valence-electron chi connectivity index (χ4n) is 5.66. The van der Waals surface area contributed by atoms with Gasteiger partial charge in [0.05, 0.1) is 0 Å². The molecule has 33 heavy (non-hydrogen) atoms. The van der Waals surface area contributed by atoms with Gasteiger partial charge in [0.1, 0.15) is 11.6 Å². The van der Waals surface area contributed by atoms with Gasteiger partial charge in [-0.25, -0.2) is 13.2 Å². The highest BCUT2D eigenvalue weighted by atomic mass is 19.4. The standard InChI is InChI=1S/C26H28F6O/c1-2-3-15-4-6-16(7-5-15)19-13-21(27)24(22(28)14-19)18-8-10-20-17(12-18)9-11-23(25(20)29)33-26(30,31)32/h9,11,13-16,18H,2-8,10,12H2,1H3. The molecule has 0 bridgehead atoms. The van der Waals surface area contributed by atoms with Crippen molar-refractivity contribution in [2.24, 2.45) is 5.92 Å². The molecule has 0 N–H and O–H groups in total. The van der Waals surface area contributed by atoms with E-state index in [0.717, 1.165) is 38.2 Å². The van der Waals surface area contributed by atoms with Gasteiger partial charge in [0.2, 0.25) is 0 Å². The molecule has 0 aromatic heterocycles. The first kappa shape index (κ1) is 24.0. The van der Waals surface area contributed by atoms with Crippen molar-refractivity contribution in [2.75, 3.05) is 0 Å². The summed E-state index contributed by atoms with van der Waals surface area (Å²) in [4.78, 5) is 0. The summed E-state index contributed by atoms with van der Waals surface area (Å²) in [6.45, 7) is 2.17. The topological polar surface area (TPSA) is 9.23 Å². The van der Waals surface area contributed by atoms with Crippen molar-refractivity contribution in [3.63, 3.8) is 0 Å². The molecule has 4 rings (SSSR count). The van der Waals surface area contributed by atoms with E-state index in [-0.39, 0.29) is 36.3 Å². The number of hydrogen-bond donors (Lipinski definition) is 0. The third-order valence-electron chi connectivity index (χ3n) is 7.26. The first-order valence-corrected chi connectivity index (χ1v) is 11.7. The Bertz CT molecular complexity index is 968. The smallest absolute Gasteiger partial charge is 0.403 e. The Morgan fingerprint density at radius 3 is 2.18 bits per heavy atom. The van der Waals surface area contributed by atoms with E-state index in [2.05, 4.69) is 11.7 Å². The molecular weight excluding hydrogens is 442 g/mol. The minimum absolute atomic E-state index is 0.0138. The van der Waals surface area contributed by atoms with Crippen LogP contribution in [-0.2, 0) is 12.8 Å². The Morgan fingerprint density at radius 1 is 0.909 bits per heavy atom. The molecule has 0 saturated heterocycles. The first-order chi connectivity index (χ1) is 15.7. The second kappa shape index (κ2) is 9.59. The van der Waals surface area contributed by atoms with Crippen molar-refractivity contribution in [1.29, 1.82) is 0 Å². The van der Waals surface area contributed by atoms with Gasteiger partial charge >= 0.3 is 6.36 Å². The van der Waals surface area contributed by atoms with Crippen LogP contribution < -0.4 is 4.74 Å². The minimum Gasteiger partial charge on any atom is -0.403 e. The number of rotatable bonds is 5. The summed E-state index contributed by atoms with van der Waals surface area (Å²) in [6, 6.07) is 5.17. The van der Waals surface area contributed by atoms with Crippen molar-refractivity contribution in [2.45, 2.75) is 82.9 Å². The van der Waals surface area contributed by atoms with Crippen molar-refractivity contribution >= 4 is 0 Å². The van der Waals surface area contributed by atoms with Crippen LogP contribution in [0.25, 0.3) is 0 Å². The van der Waals surface area contributed by atoms with E-state index < -0.39 is 35.5 Å². The molecule has 1 unspecified atom stereocenters. The summed E-state index contributed by atoms with van der Waals surface area (Å²) in [6.07, 6.45) is 1.87. The highest BCUT2D eigenvalue weighted by Gasteiger charge is 2.35. The van der Waals surface area contributed by atoms with E-state index in [9.17, 15) is 17.6 Å². The molecule has 1 atom stereocenters. The van der Waals surface area contributed by atoms with Gasteiger partial charge in [0, 0.05) is 5.56 Å². The molecule has 2 aromatic rings. The first-order valence-electron chi connectivity index (χ1n) is 11.7. The van der Waals surface area contributed by atoms with Crippen LogP contribution in [0.5, 0.6) is 5.75 Å². The number of benzene rings is 2. The largest absolute Gasteiger partial charge is 0.573 e. The van der Waals surface area contributed by atoms with E-state index in [4.69, 9.17) is 0 Å². The van der Waals surface area contributed by atoms with Gasteiger partial charge in [-0.15, -0.1) is 13.2 Å². The third-order valence-corrected chi connectivity index (χ3v) is 7.26. The van der Waals surface area contributed by atoms with Crippen LogP contribution in [0, 0.1) is 23.4 Å². The van der Waals surface area contributed by atoms with Gasteiger partial charge in [-0.05, 0) is 97.6 Å². The normalized spacial score (nSPS) is 23.3. The van der Waals surface area contributed by atoms with Crippen molar-refractivity contribution < 1.29 is 31.1 Å². The van der Waals surface area contributed by atoms with Crippen LogP contribution in [0.4, 0.5) is 26.3 Å². The molecule has 1 saturated carbocycles. The maximum absolute atomic E-state index is 15.1. The average molecular weight is 470 g/mol. The Morgan fingerprint density at radius 2 is 1.58 bits per heavy atom. The maximum atomic E-state index is 15.1. The zero-order chi connectivity index (χ0) is 23.8. The minimum atomic E-state index is -4.99. The molecule has 1 fully saturated rings. The Balaban J connectivity index is 1.51. The van der Waals surface area contributed by atoms with Crippen LogP contribution in [0.3, 0.4) is 0 Å². The summed E-state index contributed by atoms with van der Waals surface area (Å²) < 4.78 is 85.9. The van der Waals surface area contributed by atoms with E-state index in [1.54, 1.807) is 0 Å². The number of ether oxygens (including phenoxy) is 1. The Labute approximate surface area is 190 Å². The van der Waals surface area contributed by atoms with Gasteiger partial charge in [-0.1, -0.05) is 25.8 Å². The lowest BCUT2D eigenvalue weighted by Crippen LogP contribution is -2.21. The average Bonchev–Trinajstić information content (AvgIpc) is 2.75. The molecule has 1 nitrogen and oxygen atoms in total. The van der Waals surface area contributed by atoms with Gasteiger partial charge in [0.25, 0.3) is 0 Å². The van der Waals surface area contributed by atoms with E-state index in [1.807, 2.05) is 0 Å². The number of hydrogen-bond acceptors (Lipinski definition) is 1. The van der Waals surface area contributed by atoms with E-state index >= 15 is 8.78 Å². The summed E-state index contributed by atoms with van der Waals surface area (Å²) in [5, 5.41) is 0. The summed E-state index contributed by atoms with van der Waals surface area (Å²) >= 11 is 0. The molecule has 2 aliphatic rings.